The van der Waals surface area contributed by atoms with Crippen LogP contribution in [0.15, 0.2) is 18.2 Å². The fourth-order valence-electron chi connectivity index (χ4n) is 1.61. The van der Waals surface area contributed by atoms with E-state index in [1.54, 1.807) is 19.1 Å². The number of rotatable bonds is 7. The molecule has 0 spiro atoms. The summed E-state index contributed by atoms with van der Waals surface area (Å²) >= 11 is 0. The zero-order valence-electron chi connectivity index (χ0n) is 11.8. The van der Waals surface area contributed by atoms with E-state index in [4.69, 9.17) is 14.6 Å². The van der Waals surface area contributed by atoms with Crippen LogP contribution in [-0.4, -0.2) is 36.7 Å². The van der Waals surface area contributed by atoms with Crippen LogP contribution in [0.1, 0.15) is 18.9 Å². The van der Waals surface area contributed by atoms with Gasteiger partial charge in [-0.15, -0.1) is 0 Å². The normalized spacial score (nSPS) is 11.6. The molecule has 1 aromatic carbocycles. The van der Waals surface area contributed by atoms with Crippen LogP contribution in [-0.2, 0) is 9.59 Å². The predicted octanol–water partition coefficient (Wildman–Crippen LogP) is 1.36. The van der Waals surface area contributed by atoms with E-state index in [1.807, 2.05) is 13.0 Å². The third-order valence-corrected chi connectivity index (χ3v) is 2.72. The highest BCUT2D eigenvalue weighted by Gasteiger charge is 2.18. The Bertz CT molecular complexity index is 486. The van der Waals surface area contributed by atoms with E-state index in [-0.39, 0.29) is 6.61 Å². The van der Waals surface area contributed by atoms with Crippen molar-refractivity contribution in [3.05, 3.63) is 23.8 Å². The van der Waals surface area contributed by atoms with Crippen LogP contribution in [0.25, 0.3) is 0 Å². The number of carboxylic acid groups (broad SMARTS) is 1. The molecular formula is C14H19NO5. The molecule has 2 N–H and O–H groups in total. The molecule has 0 heterocycles. The van der Waals surface area contributed by atoms with E-state index in [9.17, 15) is 9.59 Å². The molecule has 0 aliphatic heterocycles. The van der Waals surface area contributed by atoms with Gasteiger partial charge in [-0.2, -0.15) is 0 Å². The maximum atomic E-state index is 11.6. The van der Waals surface area contributed by atoms with Crippen molar-refractivity contribution in [3.63, 3.8) is 0 Å². The minimum atomic E-state index is -1.06. The minimum Gasteiger partial charge on any atom is -0.493 e. The second-order valence-electron chi connectivity index (χ2n) is 4.31. The van der Waals surface area contributed by atoms with Gasteiger partial charge in [0.2, 0.25) is 0 Å². The lowest BCUT2D eigenvalue weighted by atomic mass is 10.2. The van der Waals surface area contributed by atoms with Gasteiger partial charge in [0.25, 0.3) is 5.91 Å². The van der Waals surface area contributed by atoms with Gasteiger partial charge in [-0.3, -0.25) is 4.79 Å². The number of nitrogens with one attached hydrogen (secondary N) is 1. The zero-order valence-corrected chi connectivity index (χ0v) is 11.8. The molecule has 0 aliphatic rings. The first kappa shape index (κ1) is 15.8. The molecular weight excluding hydrogens is 262 g/mol. The SMILES string of the molecule is CCC(NC(=O)COc1ccc(C)cc1OC)C(=O)O. The van der Waals surface area contributed by atoms with Gasteiger partial charge in [0, 0.05) is 0 Å². The van der Waals surface area contributed by atoms with Gasteiger partial charge >= 0.3 is 5.97 Å². The molecule has 0 aromatic heterocycles. The molecule has 0 saturated carbocycles. The van der Waals surface area contributed by atoms with E-state index in [2.05, 4.69) is 5.32 Å². The van der Waals surface area contributed by atoms with E-state index in [0.29, 0.717) is 17.9 Å². The smallest absolute Gasteiger partial charge is 0.326 e. The van der Waals surface area contributed by atoms with Gasteiger partial charge in [0.05, 0.1) is 7.11 Å². The Balaban J connectivity index is 2.59. The molecule has 110 valence electrons. The number of hydrogen-bond donors (Lipinski definition) is 2. The van der Waals surface area contributed by atoms with Crippen molar-refractivity contribution in [1.82, 2.24) is 5.32 Å². The molecule has 0 aliphatic carbocycles. The average molecular weight is 281 g/mol. The van der Waals surface area contributed by atoms with E-state index in [1.165, 1.54) is 7.11 Å². The number of ether oxygens (including phenoxy) is 2. The third-order valence-electron chi connectivity index (χ3n) is 2.72. The van der Waals surface area contributed by atoms with Gasteiger partial charge in [-0.1, -0.05) is 13.0 Å². The average Bonchev–Trinajstić information content (AvgIpc) is 2.42. The van der Waals surface area contributed by atoms with Crippen molar-refractivity contribution in [1.29, 1.82) is 0 Å². The molecule has 6 heteroatoms. The minimum absolute atomic E-state index is 0.261. The molecule has 1 unspecified atom stereocenters. The Morgan fingerprint density at radius 1 is 1.35 bits per heavy atom. The maximum absolute atomic E-state index is 11.6. The summed E-state index contributed by atoms with van der Waals surface area (Å²) in [6.07, 6.45) is 0.314. The summed E-state index contributed by atoms with van der Waals surface area (Å²) in [5.74, 6) is -0.574. The Labute approximate surface area is 117 Å². The van der Waals surface area contributed by atoms with Gasteiger partial charge < -0.3 is 19.9 Å². The van der Waals surface area contributed by atoms with Crippen LogP contribution in [0.3, 0.4) is 0 Å². The zero-order chi connectivity index (χ0) is 15.1. The van der Waals surface area contributed by atoms with Gasteiger partial charge in [0.1, 0.15) is 6.04 Å². The summed E-state index contributed by atoms with van der Waals surface area (Å²) in [5.41, 5.74) is 1.01. The van der Waals surface area contributed by atoms with Gasteiger partial charge in [0.15, 0.2) is 18.1 Å². The summed E-state index contributed by atoms with van der Waals surface area (Å²) in [6, 6.07) is 4.43. The van der Waals surface area contributed by atoms with E-state index in [0.717, 1.165) is 5.56 Å². The van der Waals surface area contributed by atoms with Crippen LogP contribution in [0.2, 0.25) is 0 Å². The number of aryl methyl sites for hydroxylation is 1. The quantitative estimate of drug-likeness (QED) is 0.788. The van der Waals surface area contributed by atoms with Crippen LogP contribution in [0.5, 0.6) is 11.5 Å². The molecule has 0 fully saturated rings. The van der Waals surface area contributed by atoms with Gasteiger partial charge in [-0.05, 0) is 31.0 Å². The number of carbonyl (C=O) groups excluding carboxylic acids is 1. The highest BCUT2D eigenvalue weighted by molar-refractivity contribution is 5.84. The molecule has 6 nitrogen and oxygen atoms in total. The highest BCUT2D eigenvalue weighted by Crippen LogP contribution is 2.27. The molecule has 1 atom stereocenters. The van der Waals surface area contributed by atoms with Crippen LogP contribution in [0.4, 0.5) is 0 Å². The summed E-state index contributed by atoms with van der Waals surface area (Å²) in [4.78, 5) is 22.4. The molecule has 0 bridgehead atoms. The number of methoxy groups -OCH3 is 1. The Morgan fingerprint density at radius 2 is 2.05 bits per heavy atom. The van der Waals surface area contributed by atoms with E-state index < -0.39 is 17.9 Å². The van der Waals surface area contributed by atoms with Crippen molar-refractivity contribution in [2.75, 3.05) is 13.7 Å². The first-order valence-corrected chi connectivity index (χ1v) is 6.27. The number of benzene rings is 1. The maximum Gasteiger partial charge on any atom is 0.326 e. The monoisotopic (exact) mass is 281 g/mol. The number of amides is 1. The lowest BCUT2D eigenvalue weighted by molar-refractivity contribution is -0.142. The molecule has 1 amide bonds. The van der Waals surface area contributed by atoms with E-state index >= 15 is 0 Å². The number of carboxylic acids is 1. The first-order valence-electron chi connectivity index (χ1n) is 6.27. The molecule has 0 saturated heterocycles. The summed E-state index contributed by atoms with van der Waals surface area (Å²) in [5, 5.41) is 11.2. The van der Waals surface area contributed by atoms with Crippen LogP contribution < -0.4 is 14.8 Å². The Hall–Kier alpha value is -2.24. The topological polar surface area (TPSA) is 84.9 Å². The van der Waals surface area contributed by atoms with Crippen molar-refractivity contribution < 1.29 is 24.2 Å². The standard InChI is InChI=1S/C14H19NO5/c1-4-10(14(17)18)15-13(16)8-20-11-6-5-9(2)7-12(11)19-3/h5-7,10H,4,8H2,1-3H3,(H,15,16)(H,17,18). The van der Waals surface area contributed by atoms with Crippen LogP contribution >= 0.6 is 0 Å². The second kappa shape index (κ2) is 7.37. The van der Waals surface area contributed by atoms with Crippen molar-refractivity contribution >= 4 is 11.9 Å². The Kier molecular flexibility index (Phi) is 5.83. The second-order valence-corrected chi connectivity index (χ2v) is 4.31. The van der Waals surface area contributed by atoms with Gasteiger partial charge in [-0.25, -0.2) is 4.79 Å². The van der Waals surface area contributed by atoms with Crippen LogP contribution in [0, 0.1) is 6.92 Å². The van der Waals surface area contributed by atoms with Crippen molar-refractivity contribution in [2.24, 2.45) is 0 Å². The summed E-state index contributed by atoms with van der Waals surface area (Å²) in [6.45, 7) is 3.34. The third kappa shape index (κ3) is 4.46. The fraction of sp³-hybridized carbons (Fsp3) is 0.429. The fourth-order valence-corrected chi connectivity index (χ4v) is 1.61. The lowest BCUT2D eigenvalue weighted by Crippen LogP contribution is -2.42. The number of hydrogen-bond acceptors (Lipinski definition) is 4. The predicted molar refractivity (Wildman–Crippen MR) is 73.1 cm³/mol. The van der Waals surface area contributed by atoms with Crippen molar-refractivity contribution in [2.45, 2.75) is 26.3 Å². The number of aliphatic carboxylic acids is 1. The largest absolute Gasteiger partial charge is 0.493 e. The lowest BCUT2D eigenvalue weighted by Gasteiger charge is -2.14. The molecule has 1 rings (SSSR count). The van der Waals surface area contributed by atoms with Crippen molar-refractivity contribution in [3.8, 4) is 11.5 Å². The Morgan fingerprint density at radius 3 is 2.60 bits per heavy atom. The number of carbonyl (C=O) groups is 2. The molecule has 20 heavy (non-hydrogen) atoms. The highest BCUT2D eigenvalue weighted by atomic mass is 16.5. The molecule has 0 radical (unpaired) electrons. The summed E-state index contributed by atoms with van der Waals surface area (Å²) < 4.78 is 10.5. The first-order chi connectivity index (χ1) is 9.47. The molecule has 1 aromatic rings. The summed E-state index contributed by atoms with van der Waals surface area (Å²) in [7, 11) is 1.51.